The Kier molecular flexibility index (Phi) is 5.36. The molecule has 0 unspecified atom stereocenters. The molecular weight excluding hydrogens is 380 g/mol. The van der Waals surface area contributed by atoms with Gasteiger partial charge in [0.1, 0.15) is 5.75 Å². The molecular formula is C20H17BrN2O2. The highest BCUT2D eigenvalue weighted by Gasteiger charge is 2.13. The minimum atomic E-state index is -0.215. The number of carbonyl (C=O) groups excluding carboxylic acids is 1. The van der Waals surface area contributed by atoms with Crippen molar-refractivity contribution in [1.82, 2.24) is 0 Å². The first-order chi connectivity index (χ1) is 12.2. The molecule has 2 N–H and O–H groups in total. The van der Waals surface area contributed by atoms with Crippen molar-refractivity contribution in [2.24, 2.45) is 0 Å². The summed E-state index contributed by atoms with van der Waals surface area (Å²) in [6.07, 6.45) is 0. The maximum atomic E-state index is 12.7. The molecule has 3 aromatic rings. The summed E-state index contributed by atoms with van der Waals surface area (Å²) < 4.78 is 5.91. The minimum absolute atomic E-state index is 0.215. The molecule has 0 radical (unpaired) electrons. The van der Waals surface area contributed by atoms with Gasteiger partial charge in [0.15, 0.2) is 0 Å². The van der Waals surface area contributed by atoms with Crippen molar-refractivity contribution in [3.8, 4) is 5.75 Å². The van der Waals surface area contributed by atoms with Crippen LogP contribution < -0.4 is 15.4 Å². The van der Waals surface area contributed by atoms with Crippen LogP contribution in [0.4, 0.5) is 17.1 Å². The summed E-state index contributed by atoms with van der Waals surface area (Å²) in [6.45, 7) is 0. The first kappa shape index (κ1) is 17.0. The zero-order valence-electron chi connectivity index (χ0n) is 13.6. The van der Waals surface area contributed by atoms with Crippen molar-refractivity contribution in [3.63, 3.8) is 0 Å². The van der Waals surface area contributed by atoms with Crippen LogP contribution in [0.2, 0.25) is 0 Å². The van der Waals surface area contributed by atoms with Gasteiger partial charge in [0.2, 0.25) is 0 Å². The number of para-hydroxylation sites is 3. The maximum absolute atomic E-state index is 12.7. The summed E-state index contributed by atoms with van der Waals surface area (Å²) in [4.78, 5) is 12.7. The Morgan fingerprint density at radius 1 is 0.920 bits per heavy atom. The van der Waals surface area contributed by atoms with Gasteiger partial charge in [-0.05, 0) is 58.4 Å². The summed E-state index contributed by atoms with van der Waals surface area (Å²) in [5.74, 6) is 0.414. The van der Waals surface area contributed by atoms with Crippen molar-refractivity contribution in [1.29, 1.82) is 0 Å². The summed E-state index contributed by atoms with van der Waals surface area (Å²) >= 11 is 3.41. The van der Waals surface area contributed by atoms with Crippen molar-refractivity contribution in [2.75, 3.05) is 17.7 Å². The summed E-state index contributed by atoms with van der Waals surface area (Å²) in [5.41, 5.74) is 2.98. The van der Waals surface area contributed by atoms with E-state index in [-0.39, 0.29) is 5.91 Å². The zero-order valence-corrected chi connectivity index (χ0v) is 15.2. The molecule has 126 valence electrons. The molecule has 0 aromatic heterocycles. The molecule has 0 saturated heterocycles. The van der Waals surface area contributed by atoms with Crippen LogP contribution in [-0.2, 0) is 0 Å². The Morgan fingerprint density at radius 2 is 1.60 bits per heavy atom. The van der Waals surface area contributed by atoms with Crippen LogP contribution in [0.5, 0.6) is 5.75 Å². The third-order valence-electron chi connectivity index (χ3n) is 3.65. The number of methoxy groups -OCH3 is 1. The average molecular weight is 397 g/mol. The molecule has 0 aliphatic rings. The number of benzene rings is 3. The number of hydrogen-bond donors (Lipinski definition) is 2. The van der Waals surface area contributed by atoms with Crippen molar-refractivity contribution in [2.45, 2.75) is 0 Å². The van der Waals surface area contributed by atoms with Crippen molar-refractivity contribution < 1.29 is 9.53 Å². The largest absolute Gasteiger partial charge is 0.497 e. The molecule has 25 heavy (non-hydrogen) atoms. The van der Waals surface area contributed by atoms with E-state index in [0.29, 0.717) is 21.5 Å². The number of hydrogen-bond acceptors (Lipinski definition) is 3. The zero-order chi connectivity index (χ0) is 17.6. The number of ether oxygens (including phenoxy) is 1. The average Bonchev–Trinajstić information content (AvgIpc) is 2.64. The molecule has 1 amide bonds. The first-order valence-electron chi connectivity index (χ1n) is 7.73. The molecule has 0 atom stereocenters. The van der Waals surface area contributed by atoms with E-state index in [0.717, 1.165) is 11.4 Å². The number of halogens is 1. The van der Waals surface area contributed by atoms with Gasteiger partial charge in [0.25, 0.3) is 5.91 Å². The summed E-state index contributed by atoms with van der Waals surface area (Å²) in [7, 11) is 1.57. The van der Waals surface area contributed by atoms with Crippen LogP contribution in [0.1, 0.15) is 10.4 Å². The predicted octanol–water partition coefficient (Wildman–Crippen LogP) is 5.45. The van der Waals surface area contributed by atoms with Crippen LogP contribution >= 0.6 is 15.9 Å². The first-order valence-corrected chi connectivity index (χ1v) is 8.52. The molecule has 3 rings (SSSR count). The van der Waals surface area contributed by atoms with Crippen molar-refractivity contribution >= 4 is 38.9 Å². The molecule has 0 aliphatic carbocycles. The molecule has 0 bridgehead atoms. The Balaban J connectivity index is 1.85. The van der Waals surface area contributed by atoms with Gasteiger partial charge >= 0.3 is 0 Å². The summed E-state index contributed by atoms with van der Waals surface area (Å²) in [6, 6.07) is 22.7. The lowest BCUT2D eigenvalue weighted by Gasteiger charge is -2.14. The molecule has 0 aliphatic heterocycles. The standard InChI is InChI=1S/C20H17BrN2O2/c1-25-15-11-12-17(21)16(13-15)20(24)23-19-10-6-5-9-18(19)22-14-7-3-2-4-8-14/h2-13,22H,1H3,(H,23,24). The van der Waals surface area contributed by atoms with E-state index in [2.05, 4.69) is 26.6 Å². The van der Waals surface area contributed by atoms with E-state index in [1.54, 1.807) is 25.3 Å². The molecule has 0 spiro atoms. The van der Waals surface area contributed by atoms with Gasteiger partial charge in [-0.3, -0.25) is 4.79 Å². The second-order valence-electron chi connectivity index (χ2n) is 5.34. The molecule has 4 nitrogen and oxygen atoms in total. The fourth-order valence-electron chi connectivity index (χ4n) is 2.37. The maximum Gasteiger partial charge on any atom is 0.257 e. The molecule has 0 fully saturated rings. The Labute approximate surface area is 155 Å². The third kappa shape index (κ3) is 4.19. The number of amides is 1. The molecule has 5 heteroatoms. The lowest BCUT2D eigenvalue weighted by atomic mass is 10.2. The predicted molar refractivity (Wildman–Crippen MR) is 105 cm³/mol. The monoisotopic (exact) mass is 396 g/mol. The second-order valence-corrected chi connectivity index (χ2v) is 6.19. The molecule has 3 aromatic carbocycles. The van der Waals surface area contributed by atoms with E-state index < -0.39 is 0 Å². The van der Waals surface area contributed by atoms with E-state index in [1.807, 2.05) is 54.6 Å². The highest BCUT2D eigenvalue weighted by molar-refractivity contribution is 9.10. The Morgan fingerprint density at radius 3 is 2.32 bits per heavy atom. The number of rotatable bonds is 5. The van der Waals surface area contributed by atoms with Gasteiger partial charge in [-0.15, -0.1) is 0 Å². The second kappa shape index (κ2) is 7.85. The number of nitrogens with one attached hydrogen (secondary N) is 2. The van der Waals surface area contributed by atoms with E-state index in [1.165, 1.54) is 0 Å². The van der Waals surface area contributed by atoms with Gasteiger partial charge in [-0.25, -0.2) is 0 Å². The van der Waals surface area contributed by atoms with E-state index >= 15 is 0 Å². The fraction of sp³-hybridized carbons (Fsp3) is 0.0500. The van der Waals surface area contributed by atoms with Crippen LogP contribution in [0, 0.1) is 0 Å². The van der Waals surface area contributed by atoms with Crippen LogP contribution in [-0.4, -0.2) is 13.0 Å². The number of carbonyl (C=O) groups is 1. The SMILES string of the molecule is COc1ccc(Br)c(C(=O)Nc2ccccc2Nc2ccccc2)c1. The highest BCUT2D eigenvalue weighted by atomic mass is 79.9. The lowest BCUT2D eigenvalue weighted by molar-refractivity contribution is 0.102. The molecule has 0 saturated carbocycles. The van der Waals surface area contributed by atoms with Gasteiger partial charge in [0.05, 0.1) is 24.0 Å². The Hall–Kier alpha value is -2.79. The summed E-state index contributed by atoms with van der Waals surface area (Å²) in [5, 5.41) is 6.27. The Bertz CT molecular complexity index is 882. The molecule has 0 heterocycles. The number of anilines is 3. The van der Waals surface area contributed by atoms with Gasteiger partial charge in [-0.1, -0.05) is 30.3 Å². The smallest absolute Gasteiger partial charge is 0.257 e. The van der Waals surface area contributed by atoms with Gasteiger partial charge < -0.3 is 15.4 Å². The fourth-order valence-corrected chi connectivity index (χ4v) is 2.80. The normalized spacial score (nSPS) is 10.2. The lowest BCUT2D eigenvalue weighted by Crippen LogP contribution is -2.14. The van der Waals surface area contributed by atoms with E-state index in [9.17, 15) is 4.79 Å². The quantitative estimate of drug-likeness (QED) is 0.602. The highest BCUT2D eigenvalue weighted by Crippen LogP contribution is 2.28. The van der Waals surface area contributed by atoms with Gasteiger partial charge in [-0.2, -0.15) is 0 Å². The van der Waals surface area contributed by atoms with Crippen molar-refractivity contribution in [3.05, 3.63) is 82.8 Å². The topological polar surface area (TPSA) is 50.4 Å². The van der Waals surface area contributed by atoms with Crippen LogP contribution in [0.25, 0.3) is 0 Å². The third-order valence-corrected chi connectivity index (χ3v) is 4.34. The minimum Gasteiger partial charge on any atom is -0.497 e. The van der Waals surface area contributed by atoms with Crippen LogP contribution in [0.3, 0.4) is 0 Å². The van der Waals surface area contributed by atoms with Gasteiger partial charge in [0, 0.05) is 10.2 Å². The van der Waals surface area contributed by atoms with Crippen LogP contribution in [0.15, 0.2) is 77.3 Å². The van der Waals surface area contributed by atoms with E-state index in [4.69, 9.17) is 4.74 Å².